The topological polar surface area (TPSA) is 6.48 Å². The number of rotatable bonds is 4. The van der Waals surface area contributed by atoms with Crippen LogP contribution in [0, 0.1) is 13.8 Å². The van der Waals surface area contributed by atoms with Gasteiger partial charge >= 0.3 is 6.85 Å². The molecule has 0 radical (unpaired) electrons. The van der Waals surface area contributed by atoms with Crippen molar-refractivity contribution in [3.05, 3.63) is 196 Å². The van der Waals surface area contributed by atoms with Crippen LogP contribution >= 0.6 is 0 Å². The molecule has 0 fully saturated rings. The molecule has 12 rings (SSSR count). The smallest absolute Gasteiger partial charge is 0.333 e. The van der Waals surface area contributed by atoms with Crippen molar-refractivity contribution in [2.45, 2.75) is 137 Å². The highest BCUT2D eigenvalue weighted by Crippen LogP contribution is 2.57. The van der Waals surface area contributed by atoms with Crippen LogP contribution in [0.1, 0.15) is 140 Å². The van der Waals surface area contributed by atoms with E-state index in [4.69, 9.17) is 0 Å². The molecule has 0 spiro atoms. The summed E-state index contributed by atoms with van der Waals surface area (Å²) in [5.74, 6) is 0. The van der Waals surface area contributed by atoms with Gasteiger partial charge in [0.2, 0.25) is 0 Å². The molecule has 8 aromatic carbocycles. The van der Waals surface area contributed by atoms with Gasteiger partial charge < -0.3 is 9.71 Å². The third-order valence-electron chi connectivity index (χ3n) is 17.7. The molecule has 2 nitrogen and oxygen atoms in total. The molecule has 0 saturated carbocycles. The SMILES string of the molecule is Cc1cccc(C)c1-c1cc2c3c(c1)N(c1ccc(C(C)(C)C)cc1-c1ccccc1)c1cc4c(cc1B3N(c1ccc(C(C)(C)C)cc1)c1cc3c(cc1-2)C(C)(C)CCC3(C)C)-c1ccccc1C4(C)C. The van der Waals surface area contributed by atoms with Crippen molar-refractivity contribution < 1.29 is 0 Å². The Labute approximate surface area is 431 Å². The van der Waals surface area contributed by atoms with Gasteiger partial charge in [-0.3, -0.25) is 0 Å². The Morgan fingerprint density at radius 3 is 1.71 bits per heavy atom. The predicted octanol–water partition coefficient (Wildman–Crippen LogP) is 17.6. The van der Waals surface area contributed by atoms with Gasteiger partial charge in [0.1, 0.15) is 0 Å². The Balaban J connectivity index is 1.28. The van der Waals surface area contributed by atoms with Crippen LogP contribution < -0.4 is 20.6 Å². The van der Waals surface area contributed by atoms with Gasteiger partial charge in [0.15, 0.2) is 0 Å². The van der Waals surface area contributed by atoms with Crippen LogP contribution in [0.15, 0.2) is 152 Å². The quantitative estimate of drug-likeness (QED) is 0.162. The van der Waals surface area contributed by atoms with Gasteiger partial charge in [-0.2, -0.15) is 0 Å². The van der Waals surface area contributed by atoms with Gasteiger partial charge in [0.25, 0.3) is 0 Å². The van der Waals surface area contributed by atoms with Crippen molar-refractivity contribution in [2.24, 2.45) is 0 Å². The largest absolute Gasteiger partial charge is 0.376 e. The molecule has 72 heavy (non-hydrogen) atoms. The lowest BCUT2D eigenvalue weighted by Crippen LogP contribution is -2.62. The van der Waals surface area contributed by atoms with Gasteiger partial charge in [0.05, 0.1) is 5.69 Å². The van der Waals surface area contributed by atoms with Crippen LogP contribution in [0.25, 0.3) is 44.5 Å². The first-order valence-electron chi connectivity index (χ1n) is 26.7. The molecule has 2 aliphatic heterocycles. The van der Waals surface area contributed by atoms with Crippen molar-refractivity contribution in [3.63, 3.8) is 0 Å². The molecule has 2 heterocycles. The molecule has 3 heteroatoms. The normalized spacial score (nSPS) is 16.6. The van der Waals surface area contributed by atoms with E-state index in [9.17, 15) is 0 Å². The van der Waals surface area contributed by atoms with E-state index in [1.807, 2.05) is 0 Å². The van der Waals surface area contributed by atoms with E-state index in [1.54, 1.807) is 0 Å². The Hall–Kier alpha value is -6.58. The lowest BCUT2D eigenvalue weighted by molar-refractivity contribution is 0.332. The minimum absolute atomic E-state index is 0.0224. The Bertz CT molecular complexity index is 3520. The summed E-state index contributed by atoms with van der Waals surface area (Å²) in [5, 5.41) is 0. The molecule has 0 bridgehead atoms. The highest BCUT2D eigenvalue weighted by molar-refractivity contribution is 6.93. The molecule has 2 aliphatic carbocycles. The zero-order valence-corrected chi connectivity index (χ0v) is 45.3. The Morgan fingerprint density at radius 1 is 0.431 bits per heavy atom. The van der Waals surface area contributed by atoms with Gasteiger partial charge in [-0.05, 0) is 192 Å². The summed E-state index contributed by atoms with van der Waals surface area (Å²) in [7, 11) is 0. The number of hydrogen-bond donors (Lipinski definition) is 0. The molecule has 0 saturated heterocycles. The number of anilines is 5. The maximum atomic E-state index is 2.76. The lowest BCUT2D eigenvalue weighted by Gasteiger charge is -2.48. The van der Waals surface area contributed by atoms with Crippen LogP contribution in [0.4, 0.5) is 28.4 Å². The van der Waals surface area contributed by atoms with Crippen molar-refractivity contribution in [1.82, 2.24) is 0 Å². The summed E-state index contributed by atoms with van der Waals surface area (Å²) in [6.45, 7) is 33.3. The third kappa shape index (κ3) is 6.96. The van der Waals surface area contributed by atoms with Gasteiger partial charge in [0, 0.05) is 39.3 Å². The van der Waals surface area contributed by atoms with Crippen molar-refractivity contribution in [1.29, 1.82) is 0 Å². The monoisotopic (exact) mass is 939 g/mol. The average Bonchev–Trinajstić information content (AvgIpc) is 3.56. The van der Waals surface area contributed by atoms with Gasteiger partial charge in [-0.15, -0.1) is 0 Å². The van der Waals surface area contributed by atoms with Gasteiger partial charge in [-0.1, -0.05) is 180 Å². The Morgan fingerprint density at radius 2 is 1.04 bits per heavy atom. The first kappa shape index (κ1) is 46.5. The molecule has 360 valence electrons. The van der Waals surface area contributed by atoms with E-state index < -0.39 is 0 Å². The second-order valence-corrected chi connectivity index (χ2v) is 25.8. The van der Waals surface area contributed by atoms with E-state index in [0.717, 1.165) is 12.8 Å². The fourth-order valence-electron chi connectivity index (χ4n) is 13.3. The van der Waals surface area contributed by atoms with Crippen LogP contribution in [0.5, 0.6) is 0 Å². The highest BCUT2D eigenvalue weighted by Gasteiger charge is 2.49. The molecule has 8 aromatic rings. The van der Waals surface area contributed by atoms with Gasteiger partial charge in [-0.25, -0.2) is 0 Å². The molecule has 0 atom stereocenters. The second-order valence-electron chi connectivity index (χ2n) is 25.8. The predicted molar refractivity (Wildman–Crippen MR) is 311 cm³/mol. The van der Waals surface area contributed by atoms with Crippen molar-refractivity contribution >= 4 is 46.2 Å². The van der Waals surface area contributed by atoms with E-state index >= 15 is 0 Å². The van der Waals surface area contributed by atoms with Crippen molar-refractivity contribution in [3.8, 4) is 44.5 Å². The summed E-state index contributed by atoms with van der Waals surface area (Å²) in [6, 6.07) is 59.8. The van der Waals surface area contributed by atoms with Crippen LogP contribution in [-0.4, -0.2) is 6.85 Å². The van der Waals surface area contributed by atoms with E-state index in [1.165, 1.54) is 128 Å². The average molecular weight is 939 g/mol. The highest BCUT2D eigenvalue weighted by atomic mass is 15.2. The fraction of sp³-hybridized carbons (Fsp3) is 0.304. The maximum Gasteiger partial charge on any atom is 0.333 e. The fourth-order valence-corrected chi connectivity index (χ4v) is 13.3. The van der Waals surface area contributed by atoms with Crippen LogP contribution in [0.2, 0.25) is 0 Å². The zero-order valence-electron chi connectivity index (χ0n) is 45.3. The van der Waals surface area contributed by atoms with Crippen molar-refractivity contribution in [2.75, 3.05) is 9.71 Å². The number of aryl methyl sites for hydroxylation is 2. The third-order valence-corrected chi connectivity index (χ3v) is 17.7. The summed E-state index contributed by atoms with van der Waals surface area (Å²) in [5.41, 5.74) is 30.1. The molecule has 0 amide bonds. The lowest BCUT2D eigenvalue weighted by atomic mass is 9.43. The first-order valence-corrected chi connectivity index (χ1v) is 26.7. The number of hydrogen-bond acceptors (Lipinski definition) is 2. The summed E-state index contributed by atoms with van der Waals surface area (Å²) in [4.78, 5) is 5.47. The van der Waals surface area contributed by atoms with Crippen LogP contribution in [0.3, 0.4) is 0 Å². The number of nitrogens with zero attached hydrogens (tertiary/aromatic N) is 2. The minimum atomic E-state index is -0.199. The molecular weight excluding hydrogens is 868 g/mol. The number of benzene rings is 8. The number of fused-ring (bicyclic) bond motifs is 8. The van der Waals surface area contributed by atoms with Crippen LogP contribution in [-0.2, 0) is 27.1 Å². The molecule has 0 aromatic heterocycles. The summed E-state index contributed by atoms with van der Waals surface area (Å²) >= 11 is 0. The zero-order chi connectivity index (χ0) is 50.6. The first-order chi connectivity index (χ1) is 34.0. The second kappa shape index (κ2) is 15.7. The molecule has 0 N–H and O–H groups in total. The van der Waals surface area contributed by atoms with E-state index in [2.05, 4.69) is 258 Å². The Kier molecular flexibility index (Phi) is 10.1. The summed E-state index contributed by atoms with van der Waals surface area (Å²) in [6.07, 6.45) is 2.31. The standard InChI is InChI=1S/C69H71BN2/c1-42-21-20-22-43(2)63(42)45-35-53-52-38-56-57(68(11,12)34-33-67(56,9)10)41-60(52)72(48-30-27-46(28-31-48)65(3,4)5)70-58-39-51-49-25-18-19-26-54(49)69(13,14)55(51)40-61(58)71(62(36-45)64(53)70)59-32-29-47(66(6,7)8)37-50(59)44-23-16-15-17-24-44/h15-32,35-41H,33-34H2,1-14H3. The summed E-state index contributed by atoms with van der Waals surface area (Å²) < 4.78 is 0. The van der Waals surface area contributed by atoms with E-state index in [-0.39, 0.29) is 33.9 Å². The maximum absolute atomic E-state index is 2.76. The van der Waals surface area contributed by atoms with E-state index in [0.29, 0.717) is 0 Å². The molecule has 4 aliphatic rings. The minimum Gasteiger partial charge on any atom is -0.376 e. The molecular formula is C69H71BN2. The molecule has 0 unspecified atom stereocenters.